The Labute approximate surface area is 344 Å². The maximum absolute atomic E-state index is 16.2. The normalized spacial score (nSPS) is 23.5. The summed E-state index contributed by atoms with van der Waals surface area (Å²) in [5.41, 5.74) is -0.372. The van der Waals surface area contributed by atoms with E-state index < -0.39 is 93.5 Å². The number of carbonyl (C=O) groups excluding carboxylic acids is 2. The van der Waals surface area contributed by atoms with Gasteiger partial charge in [-0.2, -0.15) is 10.2 Å². The van der Waals surface area contributed by atoms with Crippen LogP contribution in [0.1, 0.15) is 62.8 Å². The van der Waals surface area contributed by atoms with E-state index >= 15 is 4.39 Å². The van der Waals surface area contributed by atoms with Gasteiger partial charge >= 0.3 is 14.0 Å². The maximum Gasteiger partial charge on any atom is 0.506 e. The summed E-state index contributed by atoms with van der Waals surface area (Å²) in [6.07, 6.45) is -8.05. The van der Waals surface area contributed by atoms with Gasteiger partial charge in [0.15, 0.2) is 52.9 Å². The third kappa shape index (κ3) is 9.26. The molecule has 0 spiro atoms. The lowest BCUT2D eigenvalue weighted by atomic mass is 10.1. The van der Waals surface area contributed by atoms with Crippen molar-refractivity contribution in [1.29, 1.82) is 5.26 Å². The summed E-state index contributed by atoms with van der Waals surface area (Å²) < 4.78 is 67.5. The van der Waals surface area contributed by atoms with Crippen molar-refractivity contribution < 1.29 is 56.2 Å². The molecule has 4 aromatic heterocycles. The molecule has 4 N–H and O–H groups in total. The molecule has 61 heavy (non-hydrogen) atoms. The summed E-state index contributed by atoms with van der Waals surface area (Å²) in [6.45, 7) is 3.87. The average molecular weight is 868 g/mol. The lowest BCUT2D eigenvalue weighted by Crippen LogP contribution is -2.31. The van der Waals surface area contributed by atoms with Gasteiger partial charge in [-0.25, -0.2) is 33.7 Å². The topological polar surface area (TPSA) is 299 Å². The van der Waals surface area contributed by atoms with Crippen LogP contribution in [0, 0.1) is 17.2 Å². The highest BCUT2D eigenvalue weighted by Crippen LogP contribution is 2.55. The van der Waals surface area contributed by atoms with Gasteiger partial charge in [0.2, 0.25) is 11.9 Å². The van der Waals surface area contributed by atoms with Crippen LogP contribution in [0.25, 0.3) is 22.3 Å². The quantitative estimate of drug-likeness (QED) is 0.0612. The highest BCUT2D eigenvalue weighted by molar-refractivity contribution is 7.48. The minimum absolute atomic E-state index is 0.0640. The van der Waals surface area contributed by atoms with Crippen LogP contribution in [0.15, 0.2) is 54.1 Å². The van der Waals surface area contributed by atoms with E-state index in [0.717, 1.165) is 6.33 Å². The summed E-state index contributed by atoms with van der Waals surface area (Å²) in [7, 11) is -4.85. The molecular weight excluding hydrogens is 828 g/mol. The number of alkyl halides is 1. The van der Waals surface area contributed by atoms with Crippen LogP contribution in [-0.2, 0) is 37.1 Å². The Morgan fingerprint density at radius 3 is 2.49 bits per heavy atom. The Morgan fingerprint density at radius 2 is 1.79 bits per heavy atom. The predicted octanol–water partition coefficient (Wildman–Crippen LogP) is 4.24. The number of hydrogen-bond donors (Lipinski definition) is 4. The summed E-state index contributed by atoms with van der Waals surface area (Å²) in [4.78, 5) is 73.6. The van der Waals surface area contributed by atoms with Crippen molar-refractivity contribution in [2.45, 2.75) is 83.1 Å². The number of nitrogens with one attached hydrogen (secondary N) is 3. The number of phosphoric ester groups is 1. The molecule has 2 fully saturated rings. The summed E-state index contributed by atoms with van der Waals surface area (Å²) in [6, 6.07) is 10.2. The fourth-order valence-corrected chi connectivity index (χ4v) is 7.99. The van der Waals surface area contributed by atoms with Gasteiger partial charge in [-0.3, -0.25) is 47.4 Å². The highest BCUT2D eigenvalue weighted by atomic mass is 31.2. The fraction of sp³-hybridized carbons (Fsp3) is 0.444. The van der Waals surface area contributed by atoms with Gasteiger partial charge in [-0.05, 0) is 18.6 Å². The van der Waals surface area contributed by atoms with Gasteiger partial charge in [0.1, 0.15) is 12.4 Å². The van der Waals surface area contributed by atoms with E-state index in [-0.39, 0.29) is 53.4 Å². The molecule has 25 heteroatoms. The van der Waals surface area contributed by atoms with Gasteiger partial charge in [0, 0.05) is 17.9 Å². The molecule has 0 radical (unpaired) electrons. The highest BCUT2D eigenvalue weighted by Gasteiger charge is 2.51. The van der Waals surface area contributed by atoms with Gasteiger partial charge in [0.25, 0.3) is 11.5 Å². The van der Waals surface area contributed by atoms with E-state index in [9.17, 15) is 34.1 Å². The minimum atomic E-state index is -4.85. The Bertz CT molecular complexity index is 2570. The Kier molecular flexibility index (Phi) is 12.8. The third-order valence-corrected chi connectivity index (χ3v) is 11.0. The van der Waals surface area contributed by atoms with Crippen molar-refractivity contribution in [2.24, 2.45) is 5.92 Å². The zero-order valence-corrected chi connectivity index (χ0v) is 33.5. The monoisotopic (exact) mass is 867 g/mol. The van der Waals surface area contributed by atoms with E-state index in [1.807, 2.05) is 6.07 Å². The number of nitriles is 1. The lowest BCUT2D eigenvalue weighted by molar-refractivity contribution is -0.118. The van der Waals surface area contributed by atoms with Crippen molar-refractivity contribution >= 4 is 59.9 Å². The molecule has 1 unspecified atom stereocenters. The smallest absolute Gasteiger partial charge is 0.450 e. The number of amides is 2. The molecule has 7 rings (SSSR count). The number of benzene rings is 1. The molecule has 1 aromatic carbocycles. The summed E-state index contributed by atoms with van der Waals surface area (Å²) in [5, 5.41) is 24.0. The molecule has 5 aromatic rings. The van der Waals surface area contributed by atoms with Crippen molar-refractivity contribution in [3.05, 3.63) is 65.2 Å². The number of ether oxygens (including phenoxy) is 3. The molecule has 0 aliphatic carbocycles. The van der Waals surface area contributed by atoms with Crippen molar-refractivity contribution in [3.8, 4) is 6.07 Å². The number of halogens is 1. The van der Waals surface area contributed by atoms with E-state index in [1.165, 1.54) is 21.8 Å². The Hall–Kier alpha value is -6.22. The number of imidazole rings is 2. The zero-order valence-electron chi connectivity index (χ0n) is 32.6. The largest absolute Gasteiger partial charge is 0.506 e. The van der Waals surface area contributed by atoms with Crippen LogP contribution < -0.4 is 16.2 Å². The molecule has 322 valence electrons. The van der Waals surface area contributed by atoms with Crippen LogP contribution in [0.4, 0.5) is 21.0 Å². The van der Waals surface area contributed by atoms with E-state index in [1.54, 1.807) is 51.1 Å². The van der Waals surface area contributed by atoms with Crippen LogP contribution in [0.2, 0.25) is 0 Å². The van der Waals surface area contributed by atoms with Crippen molar-refractivity contribution in [3.63, 3.8) is 0 Å². The molecule has 2 amide bonds. The van der Waals surface area contributed by atoms with Crippen LogP contribution in [0.3, 0.4) is 0 Å². The van der Waals surface area contributed by atoms with Crippen LogP contribution in [0.5, 0.6) is 0 Å². The molecule has 2 aliphatic rings. The standard InChI is InChI=1S/C36H39FN11O12P/c1-4-21-23(37)26(34(58-21)48-17-42-25-29(48)44-35(46-32(25)51)45-30(49)18(2)3)60-61(54,55-12-8-11-38)56-14-20-13-22(59-36(52)53)33(57-20)47-16-41-24-27(39-15-40-28(24)47)43-31(50)19-9-6-5-7-10-19/h5-7,9-10,15-18,20-23,26,33-34H,4,8,12-14H2,1-3H3,(H,52,53)(H,39,40,43,50)(H2,44,45,46,49,51)/t20-,21+,22+,23+,26+,33+,34+,61?/m0/s1. The summed E-state index contributed by atoms with van der Waals surface area (Å²) >= 11 is 0. The third-order valence-electron chi connectivity index (χ3n) is 9.57. The number of aromatic nitrogens is 8. The molecular formula is C36H39FN11O12P. The van der Waals surface area contributed by atoms with E-state index in [0.29, 0.717) is 5.56 Å². The van der Waals surface area contributed by atoms with E-state index in [2.05, 4.69) is 40.5 Å². The predicted molar refractivity (Wildman–Crippen MR) is 206 cm³/mol. The number of aromatic amines is 1. The van der Waals surface area contributed by atoms with E-state index in [4.69, 9.17) is 27.8 Å². The molecule has 0 saturated carbocycles. The minimum Gasteiger partial charge on any atom is -0.450 e. The second kappa shape index (κ2) is 18.2. The Balaban J connectivity index is 1.13. The number of carboxylic acid groups (broad SMARTS) is 1. The molecule has 6 heterocycles. The molecule has 2 saturated heterocycles. The second-order valence-corrected chi connectivity index (χ2v) is 15.6. The number of carbonyl (C=O) groups is 3. The number of H-pyrrole nitrogens is 1. The first-order chi connectivity index (χ1) is 29.3. The molecule has 8 atom stereocenters. The van der Waals surface area contributed by atoms with Crippen molar-refractivity contribution in [1.82, 2.24) is 39.0 Å². The first-order valence-electron chi connectivity index (χ1n) is 18.9. The second-order valence-electron chi connectivity index (χ2n) is 14.0. The number of phosphoric acid groups is 1. The van der Waals surface area contributed by atoms with Gasteiger partial charge in [0.05, 0.1) is 50.6 Å². The first-order valence-corrected chi connectivity index (χ1v) is 20.4. The molecule has 2 aliphatic heterocycles. The fourth-order valence-electron chi connectivity index (χ4n) is 6.62. The number of anilines is 2. The maximum atomic E-state index is 16.2. The van der Waals surface area contributed by atoms with Gasteiger partial charge < -0.3 is 24.6 Å². The SMILES string of the molecule is CC[C@H]1O[C@@H](n2cnc3c(=O)[nH]c(NC(=O)C(C)C)nc32)[C@H](OP(=O)(OCCC#N)OC[C@@H]2C[C@@H](OC(=O)O)[C@H](n3cnc4c(NC(=O)c5ccccc5)ncnc43)O2)[C@@H]1F. The Morgan fingerprint density at radius 1 is 1.05 bits per heavy atom. The molecule has 23 nitrogen and oxygen atoms in total. The number of fused-ring (bicyclic) bond motifs is 2. The van der Waals surface area contributed by atoms with Gasteiger partial charge in [-0.15, -0.1) is 0 Å². The zero-order chi connectivity index (χ0) is 43.4. The first kappa shape index (κ1) is 42.9. The van der Waals surface area contributed by atoms with Gasteiger partial charge in [-0.1, -0.05) is 39.0 Å². The van der Waals surface area contributed by atoms with Crippen molar-refractivity contribution in [2.75, 3.05) is 23.8 Å². The average Bonchev–Trinajstić information content (AvgIpc) is 4.02. The summed E-state index contributed by atoms with van der Waals surface area (Å²) in [5.74, 6) is -1.52. The van der Waals surface area contributed by atoms with Crippen LogP contribution in [-0.4, -0.2) is 106 Å². The van der Waals surface area contributed by atoms with Crippen LogP contribution >= 0.6 is 7.82 Å². The number of nitrogens with zero attached hydrogens (tertiary/aromatic N) is 8. The molecule has 0 bridgehead atoms. The lowest BCUT2D eigenvalue weighted by Gasteiger charge is -2.26. The number of rotatable bonds is 16. The number of hydrogen-bond acceptors (Lipinski definition) is 17.